The van der Waals surface area contributed by atoms with Crippen molar-refractivity contribution in [1.29, 1.82) is 0 Å². The van der Waals surface area contributed by atoms with Gasteiger partial charge in [-0.3, -0.25) is 19.7 Å². The molecular weight excluding hydrogens is 294 g/mol. The van der Waals surface area contributed by atoms with E-state index < -0.39 is 11.5 Å². The Bertz CT molecular complexity index is 761. The third kappa shape index (κ3) is 1.36. The Labute approximate surface area is 133 Å². The van der Waals surface area contributed by atoms with E-state index in [9.17, 15) is 14.4 Å². The second kappa shape index (κ2) is 4.20. The van der Waals surface area contributed by atoms with Crippen LogP contribution in [0.2, 0.25) is 0 Å². The molecule has 5 atom stereocenters. The number of anilines is 1. The summed E-state index contributed by atoms with van der Waals surface area (Å²) >= 11 is 0. The maximum atomic E-state index is 13.1. The van der Waals surface area contributed by atoms with Crippen molar-refractivity contribution >= 4 is 23.4 Å². The second-order valence-corrected chi connectivity index (χ2v) is 7.04. The fraction of sp³-hybridized carbons (Fsp3) is 0.471. The molecule has 0 bridgehead atoms. The molecule has 4 aliphatic rings. The van der Waals surface area contributed by atoms with Gasteiger partial charge in [0.25, 0.3) is 5.91 Å². The van der Waals surface area contributed by atoms with Crippen LogP contribution in [0.5, 0.6) is 0 Å². The summed E-state index contributed by atoms with van der Waals surface area (Å²) in [6.07, 6.45) is 2.98. The number of piperidine rings is 1. The molecule has 1 aromatic carbocycles. The number of nitrogens with one attached hydrogen (secondary N) is 3. The molecule has 3 N–H and O–H groups in total. The summed E-state index contributed by atoms with van der Waals surface area (Å²) in [5, 5.41) is 5.44. The first kappa shape index (κ1) is 13.2. The van der Waals surface area contributed by atoms with Crippen LogP contribution < -0.4 is 15.5 Å². The first-order chi connectivity index (χ1) is 11.2. The molecule has 0 radical (unpaired) electrons. The average Bonchev–Trinajstić information content (AvgIpc) is 3.13. The van der Waals surface area contributed by atoms with Crippen LogP contribution in [0.4, 0.5) is 5.69 Å². The highest BCUT2D eigenvalue weighted by Gasteiger charge is 2.76. The van der Waals surface area contributed by atoms with Crippen molar-refractivity contribution in [3.05, 3.63) is 29.8 Å². The topological polar surface area (TPSA) is 79.7 Å². The van der Waals surface area contributed by atoms with E-state index in [1.54, 1.807) is 0 Å². The van der Waals surface area contributed by atoms with Crippen LogP contribution in [0.1, 0.15) is 24.8 Å². The number of hydrogen-bond donors (Lipinski definition) is 3. The Morgan fingerprint density at radius 2 is 1.87 bits per heavy atom. The quantitative estimate of drug-likeness (QED) is 0.547. The van der Waals surface area contributed by atoms with Gasteiger partial charge in [0.15, 0.2) is 0 Å². The number of amides is 3. The van der Waals surface area contributed by atoms with Gasteiger partial charge in [0.05, 0.1) is 12.2 Å². The minimum absolute atomic E-state index is 0.0529. The highest BCUT2D eigenvalue weighted by atomic mass is 16.2. The molecule has 1 unspecified atom stereocenters. The maximum Gasteiger partial charge on any atom is 0.291 e. The van der Waals surface area contributed by atoms with Gasteiger partial charge in [-0.15, -0.1) is 0 Å². The minimum atomic E-state index is -0.942. The fourth-order valence-electron chi connectivity index (χ4n) is 5.51. The zero-order valence-corrected chi connectivity index (χ0v) is 12.6. The Kier molecular flexibility index (Phi) is 2.42. The van der Waals surface area contributed by atoms with Crippen LogP contribution >= 0.6 is 0 Å². The number of hydrogen-bond acceptors (Lipinski definition) is 3. The number of benzene rings is 1. The van der Waals surface area contributed by atoms with Gasteiger partial charge in [0.1, 0.15) is 17.9 Å². The monoisotopic (exact) mass is 312 g/mol. The summed E-state index contributed by atoms with van der Waals surface area (Å²) in [7, 11) is 0. The SMILES string of the molecule is O=C1NC(=O)[C@H]2[C@H]1[C@H]1CCCC[NH+]1[C@]21C(=O)Nc2ccccc21. The molecule has 3 amide bonds. The van der Waals surface area contributed by atoms with Gasteiger partial charge >= 0.3 is 0 Å². The molecule has 1 aromatic rings. The van der Waals surface area contributed by atoms with Gasteiger partial charge in [-0.1, -0.05) is 18.2 Å². The van der Waals surface area contributed by atoms with Gasteiger partial charge in [0, 0.05) is 12.0 Å². The Hall–Kier alpha value is -2.21. The lowest BCUT2D eigenvalue weighted by Gasteiger charge is -2.38. The van der Waals surface area contributed by atoms with Crippen molar-refractivity contribution in [2.45, 2.75) is 30.8 Å². The van der Waals surface area contributed by atoms with Crippen molar-refractivity contribution in [2.24, 2.45) is 11.8 Å². The van der Waals surface area contributed by atoms with Gasteiger partial charge in [-0.05, 0) is 18.9 Å². The van der Waals surface area contributed by atoms with Crippen molar-refractivity contribution < 1.29 is 19.3 Å². The zero-order chi connectivity index (χ0) is 15.8. The number of quaternary nitrogens is 1. The van der Waals surface area contributed by atoms with Crippen LogP contribution in [0.25, 0.3) is 0 Å². The van der Waals surface area contributed by atoms with E-state index in [2.05, 4.69) is 10.6 Å². The largest absolute Gasteiger partial charge is 0.320 e. The number of rotatable bonds is 0. The maximum absolute atomic E-state index is 13.1. The fourth-order valence-corrected chi connectivity index (χ4v) is 5.51. The van der Waals surface area contributed by atoms with Gasteiger partial charge in [-0.25, -0.2) is 0 Å². The molecule has 1 spiro atoms. The molecular formula is C17H18N3O3+. The molecule has 4 heterocycles. The van der Waals surface area contributed by atoms with Crippen molar-refractivity contribution in [1.82, 2.24) is 5.32 Å². The van der Waals surface area contributed by atoms with Crippen LogP contribution in [-0.4, -0.2) is 30.3 Å². The highest BCUT2D eigenvalue weighted by Crippen LogP contribution is 2.49. The van der Waals surface area contributed by atoms with Crippen LogP contribution in [0.15, 0.2) is 24.3 Å². The van der Waals surface area contributed by atoms with Gasteiger partial charge < -0.3 is 10.2 Å². The second-order valence-electron chi connectivity index (χ2n) is 7.04. The van der Waals surface area contributed by atoms with E-state index in [4.69, 9.17) is 0 Å². The molecule has 3 saturated heterocycles. The van der Waals surface area contributed by atoms with E-state index in [0.29, 0.717) is 0 Å². The lowest BCUT2D eigenvalue weighted by Crippen LogP contribution is -3.22. The molecule has 0 aliphatic carbocycles. The number of carbonyl (C=O) groups excluding carboxylic acids is 3. The Balaban J connectivity index is 1.79. The van der Waals surface area contributed by atoms with E-state index in [-0.39, 0.29) is 29.7 Å². The summed E-state index contributed by atoms with van der Waals surface area (Å²) < 4.78 is 0. The Morgan fingerprint density at radius 1 is 1.04 bits per heavy atom. The average molecular weight is 312 g/mol. The van der Waals surface area contributed by atoms with Gasteiger partial charge in [-0.2, -0.15) is 0 Å². The van der Waals surface area contributed by atoms with Crippen molar-refractivity contribution in [3.63, 3.8) is 0 Å². The van der Waals surface area contributed by atoms with E-state index in [1.807, 2.05) is 24.3 Å². The lowest BCUT2D eigenvalue weighted by atomic mass is 9.76. The standard InChI is InChI=1S/C17H17N3O3/c21-14-12-11-7-3-4-8-20(11)17(13(12)15(22)19-14)9-5-1-2-6-10(9)18-16(17)23/h1-2,5-6,11-13H,3-4,7-8H2,(H,18,23)(H,19,21,22)/p+1/t11-,12-,13-,17+/m1/s1. The highest BCUT2D eigenvalue weighted by molar-refractivity contribution is 6.14. The van der Waals surface area contributed by atoms with Crippen molar-refractivity contribution in [3.8, 4) is 0 Å². The summed E-state index contributed by atoms with van der Waals surface area (Å²) in [5.74, 6) is -1.57. The summed E-state index contributed by atoms with van der Waals surface area (Å²) in [6.45, 7) is 0.833. The van der Waals surface area contributed by atoms with E-state index in [1.165, 1.54) is 0 Å². The molecule has 6 heteroatoms. The molecule has 6 nitrogen and oxygen atoms in total. The molecule has 5 rings (SSSR count). The number of para-hydroxylation sites is 1. The molecule has 4 aliphatic heterocycles. The summed E-state index contributed by atoms with van der Waals surface area (Å²) in [5.41, 5.74) is 0.717. The first-order valence-electron chi connectivity index (χ1n) is 8.27. The molecule has 23 heavy (non-hydrogen) atoms. The normalized spacial score (nSPS) is 40.6. The minimum Gasteiger partial charge on any atom is -0.320 e. The van der Waals surface area contributed by atoms with Crippen molar-refractivity contribution in [2.75, 3.05) is 11.9 Å². The summed E-state index contributed by atoms with van der Waals surface area (Å²) in [4.78, 5) is 39.2. The number of carbonyl (C=O) groups is 3. The predicted octanol–water partition coefficient (Wildman–Crippen LogP) is -0.826. The van der Waals surface area contributed by atoms with E-state index >= 15 is 0 Å². The smallest absolute Gasteiger partial charge is 0.291 e. The Morgan fingerprint density at radius 3 is 2.74 bits per heavy atom. The van der Waals surface area contributed by atoms with E-state index in [0.717, 1.165) is 42.0 Å². The molecule has 3 fully saturated rings. The molecule has 0 aromatic heterocycles. The third-order valence-corrected chi connectivity index (χ3v) is 6.21. The molecule has 118 valence electrons. The number of fused-ring (bicyclic) bond motifs is 7. The van der Waals surface area contributed by atoms with Gasteiger partial charge in [0.2, 0.25) is 17.4 Å². The number of imide groups is 1. The summed E-state index contributed by atoms with van der Waals surface area (Å²) in [6, 6.07) is 7.65. The lowest BCUT2D eigenvalue weighted by molar-refractivity contribution is -0.965. The molecule has 0 saturated carbocycles. The van der Waals surface area contributed by atoms with Crippen LogP contribution in [0, 0.1) is 11.8 Å². The third-order valence-electron chi connectivity index (χ3n) is 6.21. The van der Waals surface area contributed by atoms with Crippen LogP contribution in [-0.2, 0) is 19.9 Å². The van der Waals surface area contributed by atoms with Crippen LogP contribution in [0.3, 0.4) is 0 Å². The first-order valence-corrected chi connectivity index (χ1v) is 8.27. The predicted molar refractivity (Wildman–Crippen MR) is 80.3 cm³/mol. The zero-order valence-electron chi connectivity index (χ0n) is 12.6.